The molecule has 3 aliphatic rings. The summed E-state index contributed by atoms with van der Waals surface area (Å²) in [6.45, 7) is 4.36. The number of likely N-dealkylation sites (N-methyl/N-ethyl adjacent to an activating group) is 1. The predicted molar refractivity (Wildman–Crippen MR) is 131 cm³/mol. The van der Waals surface area contributed by atoms with Crippen molar-refractivity contribution in [3.05, 3.63) is 63.0 Å². The normalized spacial score (nSPS) is 24.3. The zero-order valence-electron chi connectivity index (χ0n) is 20.4. The van der Waals surface area contributed by atoms with Gasteiger partial charge in [0.15, 0.2) is 0 Å². The molecule has 5 rings (SSSR count). The Morgan fingerprint density at radius 1 is 1.31 bits per heavy atom. The first-order chi connectivity index (χ1) is 17.4. The van der Waals surface area contributed by atoms with Crippen molar-refractivity contribution in [2.75, 3.05) is 32.0 Å². The number of hydrogen-bond donors (Lipinski definition) is 1. The van der Waals surface area contributed by atoms with E-state index in [1.54, 1.807) is 18.2 Å². The number of piperidine rings is 1. The number of rotatable bonds is 6. The van der Waals surface area contributed by atoms with Crippen LogP contribution in [0, 0.1) is 5.92 Å². The summed E-state index contributed by atoms with van der Waals surface area (Å²) in [6.07, 6.45) is 2.62. The average Bonchev–Trinajstić information content (AvgIpc) is 3.40. The molecule has 3 atom stereocenters. The van der Waals surface area contributed by atoms with Crippen LogP contribution in [-0.4, -0.2) is 64.1 Å². The standard InChI is InChI=1S/C26H30F2IN6O/c1-16-11-17-12-30-26(31-13-18-7-9-29-33-18)32-23(17)15-35(16)25(36)21-8-10-34(2)14-22(21)19-5-3-4-6-20(19)24(27)28/h3-7,9,12,16,21-22,24H,8,10-11,13-15H2,1-2H3,(H,30,31,32)/q-1/t16-,21+,22-/m1/s1. The molecule has 2 aromatic rings. The monoisotopic (exact) mass is 607 g/mol. The van der Waals surface area contributed by atoms with Gasteiger partial charge in [0.2, 0.25) is 0 Å². The number of benzene rings is 1. The number of anilines is 1. The van der Waals surface area contributed by atoms with Gasteiger partial charge in [0, 0.05) is 12.1 Å². The van der Waals surface area contributed by atoms with Crippen LogP contribution in [0.5, 0.6) is 0 Å². The Bertz CT molecular complexity index is 1190. The van der Waals surface area contributed by atoms with Crippen LogP contribution >= 0.6 is 0 Å². The van der Waals surface area contributed by atoms with Gasteiger partial charge >= 0.3 is 146 Å². The minimum absolute atomic E-state index is 0.0139. The maximum atomic E-state index is 14.0. The number of halogens is 3. The number of hydrogen-bond acceptors (Lipinski definition) is 6. The van der Waals surface area contributed by atoms with Crippen LogP contribution in [0.1, 0.15) is 48.1 Å². The van der Waals surface area contributed by atoms with Crippen LogP contribution in [0.25, 0.3) is 0 Å². The number of likely N-dealkylation sites (tertiary alicyclic amines) is 1. The molecule has 0 spiro atoms. The summed E-state index contributed by atoms with van der Waals surface area (Å²) in [4.78, 5) is 27.2. The molecule has 0 unspecified atom stereocenters. The maximum absolute atomic E-state index is 14.0. The van der Waals surface area contributed by atoms with Crippen molar-refractivity contribution in [1.29, 1.82) is 0 Å². The average molecular weight is 607 g/mol. The molecular weight excluding hydrogens is 577 g/mol. The van der Waals surface area contributed by atoms with Gasteiger partial charge in [0.1, 0.15) is 0 Å². The van der Waals surface area contributed by atoms with Crippen molar-refractivity contribution >= 4 is 17.6 Å². The van der Waals surface area contributed by atoms with Crippen molar-refractivity contribution in [3.63, 3.8) is 0 Å². The van der Waals surface area contributed by atoms with Gasteiger partial charge in [-0.25, -0.2) is 8.78 Å². The van der Waals surface area contributed by atoms with Gasteiger partial charge < -0.3 is 4.90 Å². The number of carbonyl (C=O) groups excluding carboxylic acids is 1. The summed E-state index contributed by atoms with van der Waals surface area (Å²) in [6, 6.07) is 6.66. The number of nitrogens with one attached hydrogen (secondary N) is 1. The van der Waals surface area contributed by atoms with E-state index in [0.717, 1.165) is 23.5 Å². The molecule has 0 bridgehead atoms. The van der Waals surface area contributed by atoms with Crippen molar-refractivity contribution in [1.82, 2.24) is 19.8 Å². The van der Waals surface area contributed by atoms with E-state index in [0.29, 0.717) is 44.0 Å². The van der Waals surface area contributed by atoms with Gasteiger partial charge in [-0.1, -0.05) is 24.3 Å². The number of aromatic nitrogens is 2. The van der Waals surface area contributed by atoms with Crippen LogP contribution in [0.15, 0.2) is 43.8 Å². The van der Waals surface area contributed by atoms with E-state index < -0.39 is 6.43 Å². The first-order valence-electron chi connectivity index (χ1n) is 12.2. The summed E-state index contributed by atoms with van der Waals surface area (Å²) >= 11 is -0.207. The van der Waals surface area contributed by atoms with Gasteiger partial charge in [-0.2, -0.15) is 0 Å². The van der Waals surface area contributed by atoms with Crippen LogP contribution in [0.3, 0.4) is 0 Å². The van der Waals surface area contributed by atoms with E-state index >= 15 is 0 Å². The fourth-order valence-electron chi connectivity index (χ4n) is 5.34. The Hall–Kier alpha value is -2.47. The fraction of sp³-hybridized carbons (Fsp3) is 0.462. The SMILES string of the molecule is C[C@@H]1Cc2cnc(NCC3=N[I-]C=C3)nc2CN1C(=O)[C@H]1CCN(C)C[C@@H]1c1ccccc1C(F)F. The summed E-state index contributed by atoms with van der Waals surface area (Å²) in [5.41, 5.74) is 3.51. The summed E-state index contributed by atoms with van der Waals surface area (Å²) in [7, 11) is 1.98. The molecule has 3 aliphatic heterocycles. The van der Waals surface area contributed by atoms with Gasteiger partial charge in [0.25, 0.3) is 6.43 Å². The van der Waals surface area contributed by atoms with E-state index in [2.05, 4.69) is 22.5 Å². The van der Waals surface area contributed by atoms with Crippen LogP contribution in [0.4, 0.5) is 14.7 Å². The number of fused-ring (bicyclic) bond motifs is 1. The number of carbonyl (C=O) groups is 1. The van der Waals surface area contributed by atoms with E-state index in [4.69, 9.17) is 4.98 Å². The second-order valence-electron chi connectivity index (χ2n) is 9.70. The van der Waals surface area contributed by atoms with Gasteiger partial charge in [0.05, 0.1) is 0 Å². The number of alkyl halides is 2. The van der Waals surface area contributed by atoms with E-state index in [1.807, 2.05) is 31.1 Å². The van der Waals surface area contributed by atoms with Gasteiger partial charge in [-0.05, 0) is 19.2 Å². The second-order valence-corrected chi connectivity index (χ2v) is 11.5. The predicted octanol–water partition coefficient (Wildman–Crippen LogP) is 0.807. The van der Waals surface area contributed by atoms with Crippen LogP contribution in [0.2, 0.25) is 0 Å². The van der Waals surface area contributed by atoms with Crippen LogP contribution in [-0.2, 0) is 17.8 Å². The third kappa shape index (κ3) is 5.29. The molecule has 4 heterocycles. The van der Waals surface area contributed by atoms with Crippen LogP contribution < -0.4 is 26.8 Å². The molecule has 10 heteroatoms. The molecule has 0 aliphatic carbocycles. The Kier molecular flexibility index (Phi) is 7.61. The second kappa shape index (κ2) is 10.9. The molecule has 0 saturated carbocycles. The quantitative estimate of drug-likeness (QED) is 0.493. The van der Waals surface area contributed by atoms with E-state index in [1.165, 1.54) is 6.07 Å². The zero-order chi connectivity index (χ0) is 25.2. The Morgan fingerprint density at radius 3 is 2.92 bits per heavy atom. The number of amides is 1. The topological polar surface area (TPSA) is 73.7 Å². The third-order valence-corrected chi connectivity index (χ3v) is 8.84. The molecular formula is C26H30F2IN6O-. The summed E-state index contributed by atoms with van der Waals surface area (Å²) in [5.74, 6) is -0.0709. The van der Waals surface area contributed by atoms with E-state index in [9.17, 15) is 13.6 Å². The van der Waals surface area contributed by atoms with Gasteiger partial charge in [-0.3, -0.25) is 0 Å². The van der Waals surface area contributed by atoms with Crippen molar-refractivity contribution in [2.24, 2.45) is 9.12 Å². The molecule has 1 N–H and O–H groups in total. The molecule has 7 nitrogen and oxygen atoms in total. The number of nitrogens with zero attached hydrogens (tertiary/aromatic N) is 5. The molecule has 1 amide bonds. The molecule has 192 valence electrons. The minimum Gasteiger partial charge on any atom is -0.306 e. The Balaban J connectivity index is 1.37. The fourth-order valence-corrected chi connectivity index (χ4v) is 6.77. The summed E-state index contributed by atoms with van der Waals surface area (Å²) in [5, 5.41) is 3.24. The van der Waals surface area contributed by atoms with Gasteiger partial charge in [-0.15, -0.1) is 0 Å². The first-order valence-corrected chi connectivity index (χ1v) is 14.4. The molecule has 1 aromatic heterocycles. The Labute approximate surface area is 220 Å². The van der Waals surface area contributed by atoms with Crippen molar-refractivity contribution in [2.45, 2.75) is 44.7 Å². The minimum atomic E-state index is -2.57. The summed E-state index contributed by atoms with van der Waals surface area (Å²) < 4.78 is 34.3. The Morgan fingerprint density at radius 2 is 2.14 bits per heavy atom. The van der Waals surface area contributed by atoms with Crippen molar-refractivity contribution < 1.29 is 35.1 Å². The molecule has 1 fully saturated rings. The molecule has 36 heavy (non-hydrogen) atoms. The molecule has 0 radical (unpaired) electrons. The zero-order valence-corrected chi connectivity index (χ0v) is 22.5. The van der Waals surface area contributed by atoms with Crippen molar-refractivity contribution in [3.8, 4) is 0 Å². The molecule has 1 saturated heterocycles. The van der Waals surface area contributed by atoms with E-state index in [-0.39, 0.29) is 50.8 Å². The smallest absolute Gasteiger partial charge is 0.306 e. The molecule has 1 aromatic carbocycles. The first kappa shape index (κ1) is 25.2. The third-order valence-electron chi connectivity index (χ3n) is 7.27.